The summed E-state index contributed by atoms with van der Waals surface area (Å²) in [5.74, 6) is -0.317. The van der Waals surface area contributed by atoms with Crippen LogP contribution in [-0.4, -0.2) is 66.4 Å². The number of piperazine rings is 1. The molecule has 1 saturated heterocycles. The first kappa shape index (κ1) is 27.7. The zero-order valence-corrected chi connectivity index (χ0v) is 22.7. The Labute approximate surface area is 231 Å². The van der Waals surface area contributed by atoms with Gasteiger partial charge >= 0.3 is 6.03 Å². The Morgan fingerprint density at radius 1 is 1.13 bits per heavy atom. The van der Waals surface area contributed by atoms with Gasteiger partial charge in [0.15, 0.2) is 0 Å². The molecule has 2 amide bonds. The smallest absolute Gasteiger partial charge is 0.321 e. The van der Waals surface area contributed by atoms with Gasteiger partial charge in [-0.3, -0.25) is 10.3 Å². The average molecular weight is 574 g/mol. The van der Waals surface area contributed by atoms with Crippen LogP contribution >= 0.6 is 0 Å². The molecule has 38 heavy (non-hydrogen) atoms. The quantitative estimate of drug-likeness (QED) is 0.321. The summed E-state index contributed by atoms with van der Waals surface area (Å²) in [6, 6.07) is 12.5. The van der Waals surface area contributed by atoms with Crippen molar-refractivity contribution in [2.45, 2.75) is 11.8 Å². The number of benzene rings is 2. The Bertz CT molecular complexity index is 1560. The van der Waals surface area contributed by atoms with E-state index >= 15 is 0 Å². The van der Waals surface area contributed by atoms with Crippen molar-refractivity contribution in [1.29, 1.82) is 0 Å². The number of sulfonamides is 1. The van der Waals surface area contributed by atoms with Crippen LogP contribution in [0.25, 0.3) is 38.7 Å². The maximum absolute atomic E-state index is 14.8. The second kappa shape index (κ2) is 11.6. The molecule has 1 radical (unpaired) electrons. The van der Waals surface area contributed by atoms with Gasteiger partial charge in [-0.15, -0.1) is 13.1 Å². The number of amides is 2. The number of fused-ring (bicyclic) bond motifs is 1. The SMILES string of the molecule is CCNC(=O)Nc1nc2c(-c3ncccc3F)cc(-c3ccc(S(=O)(=O)N4CC[N-]CC4)cc3)cc2[nH]1.[V]. The van der Waals surface area contributed by atoms with Crippen LogP contribution in [0.4, 0.5) is 15.1 Å². The van der Waals surface area contributed by atoms with Crippen LogP contribution in [0.15, 0.2) is 59.6 Å². The van der Waals surface area contributed by atoms with Crippen molar-refractivity contribution in [3.05, 3.63) is 65.9 Å². The summed E-state index contributed by atoms with van der Waals surface area (Å²) in [6.45, 7) is 3.96. The maximum atomic E-state index is 14.8. The van der Waals surface area contributed by atoms with Crippen molar-refractivity contribution in [3.63, 3.8) is 0 Å². The second-order valence-corrected chi connectivity index (χ2v) is 10.4. The molecule has 0 spiro atoms. The summed E-state index contributed by atoms with van der Waals surface area (Å²) in [5.41, 5.74) is 2.95. The predicted molar refractivity (Wildman–Crippen MR) is 139 cm³/mol. The fraction of sp³-hybridized carbons (Fsp3) is 0.240. The van der Waals surface area contributed by atoms with Crippen LogP contribution < -0.4 is 10.6 Å². The molecule has 1 aliphatic rings. The number of H-pyrrole nitrogens is 1. The van der Waals surface area contributed by atoms with Gasteiger partial charge in [0.1, 0.15) is 17.0 Å². The van der Waals surface area contributed by atoms with Gasteiger partial charge in [-0.1, -0.05) is 12.1 Å². The van der Waals surface area contributed by atoms with Crippen LogP contribution in [0.5, 0.6) is 0 Å². The van der Waals surface area contributed by atoms with E-state index < -0.39 is 21.9 Å². The first-order chi connectivity index (χ1) is 17.9. The summed E-state index contributed by atoms with van der Waals surface area (Å²) < 4.78 is 42.2. The molecule has 5 rings (SSSR count). The van der Waals surface area contributed by atoms with Gasteiger partial charge in [0.05, 0.1) is 10.4 Å². The number of aromatic amines is 1. The molecule has 1 aliphatic heterocycles. The largest absolute Gasteiger partial charge is 0.660 e. The number of hydrogen-bond donors (Lipinski definition) is 3. The Kier molecular flexibility index (Phi) is 8.49. The molecule has 13 heteroatoms. The van der Waals surface area contributed by atoms with Crippen molar-refractivity contribution in [2.75, 3.05) is 38.0 Å². The minimum atomic E-state index is -3.61. The Hall–Kier alpha value is -3.29. The monoisotopic (exact) mass is 573 g/mol. The second-order valence-electron chi connectivity index (χ2n) is 8.42. The topological polar surface area (TPSA) is 134 Å². The first-order valence-electron chi connectivity index (χ1n) is 11.8. The van der Waals surface area contributed by atoms with E-state index in [0.717, 1.165) is 5.56 Å². The van der Waals surface area contributed by atoms with Crippen LogP contribution in [-0.2, 0) is 28.6 Å². The van der Waals surface area contributed by atoms with Gasteiger partial charge in [-0.2, -0.15) is 0 Å². The Balaban J connectivity index is 0.00000336. The van der Waals surface area contributed by atoms with E-state index in [2.05, 4.69) is 30.9 Å². The number of halogens is 1. The summed E-state index contributed by atoms with van der Waals surface area (Å²) in [6.07, 6.45) is 1.49. The molecule has 0 unspecified atom stereocenters. The van der Waals surface area contributed by atoms with Crippen LogP contribution in [0.3, 0.4) is 0 Å². The van der Waals surface area contributed by atoms with Crippen molar-refractivity contribution in [3.8, 4) is 22.4 Å². The minimum absolute atomic E-state index is 0. The maximum Gasteiger partial charge on any atom is 0.321 e. The summed E-state index contributed by atoms with van der Waals surface area (Å²) in [7, 11) is -3.61. The molecular formula is C25H25FN7O3SV-. The standard InChI is InChI=1S/C25H25FN7O3S.V/c1-2-28-25(34)32-24-30-21-15-17(14-19(23(21)31-24)22-20(26)4-3-9-29-22)16-5-7-18(8-6-16)37(35,36)33-12-10-27-11-13-33;/h3-9,14-15H,2,10-13H2,1H3,(H3,28,30,31,32,34);/q-1;. The number of urea groups is 1. The molecule has 1 fully saturated rings. The van der Waals surface area contributed by atoms with Gasteiger partial charge in [0.2, 0.25) is 16.0 Å². The van der Waals surface area contributed by atoms with E-state index in [1.165, 1.54) is 22.6 Å². The van der Waals surface area contributed by atoms with E-state index in [9.17, 15) is 17.6 Å². The number of aromatic nitrogens is 3. The number of anilines is 1. The van der Waals surface area contributed by atoms with Gasteiger partial charge in [-0.25, -0.2) is 26.9 Å². The van der Waals surface area contributed by atoms with E-state index in [1.54, 1.807) is 37.3 Å². The van der Waals surface area contributed by atoms with Crippen molar-refractivity contribution in [1.82, 2.24) is 24.6 Å². The average Bonchev–Trinajstić information content (AvgIpc) is 3.31. The molecule has 0 atom stereocenters. The molecule has 4 aromatic rings. The number of carbonyl (C=O) groups excluding carboxylic acids is 1. The van der Waals surface area contributed by atoms with Crippen LogP contribution in [0.2, 0.25) is 0 Å². The molecule has 2 aromatic heterocycles. The molecule has 197 valence electrons. The minimum Gasteiger partial charge on any atom is -0.660 e. The number of rotatable bonds is 6. The third kappa shape index (κ3) is 5.59. The van der Waals surface area contributed by atoms with E-state index in [-0.39, 0.29) is 35.1 Å². The van der Waals surface area contributed by atoms with Crippen LogP contribution in [0.1, 0.15) is 6.92 Å². The van der Waals surface area contributed by atoms with E-state index in [4.69, 9.17) is 0 Å². The number of nitrogens with one attached hydrogen (secondary N) is 3. The molecule has 0 aliphatic carbocycles. The summed E-state index contributed by atoms with van der Waals surface area (Å²) >= 11 is 0. The predicted octanol–water partition coefficient (Wildman–Crippen LogP) is 3.95. The molecule has 3 N–H and O–H groups in total. The summed E-state index contributed by atoms with van der Waals surface area (Å²) in [4.78, 5) is 23.9. The molecular weight excluding hydrogens is 548 g/mol. The van der Waals surface area contributed by atoms with Gasteiger partial charge in [0, 0.05) is 36.9 Å². The Morgan fingerprint density at radius 3 is 2.55 bits per heavy atom. The molecule has 0 saturated carbocycles. The summed E-state index contributed by atoms with van der Waals surface area (Å²) in [5, 5.41) is 9.47. The molecule has 10 nitrogen and oxygen atoms in total. The molecule has 3 heterocycles. The molecule has 2 aromatic carbocycles. The third-order valence-corrected chi connectivity index (χ3v) is 7.92. The van der Waals surface area contributed by atoms with Gasteiger partial charge < -0.3 is 15.6 Å². The van der Waals surface area contributed by atoms with E-state index in [0.29, 0.717) is 54.9 Å². The number of pyridine rings is 1. The van der Waals surface area contributed by atoms with Crippen LogP contribution in [0, 0.1) is 5.82 Å². The normalized spacial score (nSPS) is 14.2. The fourth-order valence-corrected chi connectivity index (χ4v) is 5.64. The van der Waals surface area contributed by atoms with Crippen molar-refractivity contribution >= 4 is 33.0 Å². The van der Waals surface area contributed by atoms with Gasteiger partial charge in [0.25, 0.3) is 0 Å². The number of imidazole rings is 1. The first-order valence-corrected chi connectivity index (χ1v) is 13.2. The van der Waals surface area contributed by atoms with E-state index in [1.807, 2.05) is 6.07 Å². The Morgan fingerprint density at radius 2 is 1.87 bits per heavy atom. The number of carbonyl (C=O) groups is 1. The van der Waals surface area contributed by atoms with Crippen molar-refractivity contribution in [2.24, 2.45) is 0 Å². The zero-order valence-electron chi connectivity index (χ0n) is 20.5. The zero-order chi connectivity index (χ0) is 26.0. The van der Waals surface area contributed by atoms with Gasteiger partial charge in [-0.05, 0) is 67.5 Å². The molecule has 0 bridgehead atoms. The third-order valence-electron chi connectivity index (χ3n) is 6.01. The van der Waals surface area contributed by atoms with Crippen molar-refractivity contribution < 1.29 is 36.2 Å². The fourth-order valence-electron chi connectivity index (χ4n) is 4.22. The number of nitrogens with zero attached hydrogens (tertiary/aromatic N) is 4. The number of hydrogen-bond acceptors (Lipinski definition) is 5.